The fourth-order valence-electron chi connectivity index (χ4n) is 2.69. The Morgan fingerprint density at radius 3 is 2.52 bits per heavy atom. The van der Waals surface area contributed by atoms with Gasteiger partial charge in [-0.15, -0.1) is 0 Å². The molecule has 0 aliphatic heterocycles. The van der Waals surface area contributed by atoms with Crippen LogP contribution in [0.2, 0.25) is 0 Å². The van der Waals surface area contributed by atoms with Crippen molar-refractivity contribution in [2.45, 2.75) is 27.3 Å². The fraction of sp³-hybridized carbons (Fsp3) is 0.250. The van der Waals surface area contributed by atoms with Crippen molar-refractivity contribution in [2.75, 3.05) is 16.8 Å². The number of rotatable bonds is 6. The Labute approximate surface area is 148 Å². The Morgan fingerprint density at radius 2 is 1.80 bits per heavy atom. The van der Waals surface area contributed by atoms with Gasteiger partial charge in [0.25, 0.3) is 0 Å². The Hall–Kier alpha value is -2.95. The molecule has 0 radical (unpaired) electrons. The topological polar surface area (TPSA) is 53.9 Å². The van der Waals surface area contributed by atoms with Crippen LogP contribution in [0.3, 0.4) is 0 Å². The molecule has 3 aromatic rings. The summed E-state index contributed by atoms with van der Waals surface area (Å²) in [6, 6.07) is 14.3. The lowest BCUT2D eigenvalue weighted by molar-refractivity contribution is 0.929. The Bertz CT molecular complexity index is 832. The van der Waals surface area contributed by atoms with Gasteiger partial charge in [0.1, 0.15) is 5.82 Å². The van der Waals surface area contributed by atoms with E-state index in [0.29, 0.717) is 12.5 Å². The smallest absolute Gasteiger partial charge is 0.232 e. The highest BCUT2D eigenvalue weighted by atomic mass is 15.3. The number of nitrogens with zero attached hydrogens (tertiary/aromatic N) is 4. The Balaban J connectivity index is 1.84. The first-order valence-corrected chi connectivity index (χ1v) is 8.48. The maximum atomic E-state index is 4.71. The van der Waals surface area contributed by atoms with Crippen LogP contribution in [0.5, 0.6) is 0 Å². The second-order valence-electron chi connectivity index (χ2n) is 5.99. The molecule has 0 aliphatic rings. The molecule has 3 rings (SSSR count). The maximum absolute atomic E-state index is 4.71. The molecule has 0 unspecified atom stereocenters. The normalized spacial score (nSPS) is 10.5. The predicted molar refractivity (Wildman–Crippen MR) is 102 cm³/mol. The van der Waals surface area contributed by atoms with Gasteiger partial charge < -0.3 is 10.2 Å². The van der Waals surface area contributed by atoms with Crippen LogP contribution in [-0.4, -0.2) is 21.5 Å². The van der Waals surface area contributed by atoms with Crippen LogP contribution in [0.15, 0.2) is 54.9 Å². The van der Waals surface area contributed by atoms with E-state index in [9.17, 15) is 0 Å². The standard InChI is InChI=1S/C20H23N5/c1-4-25(18-7-5-6-15(2)12-18)20-23-16(3)13-19(24-20)22-14-17-8-10-21-11-9-17/h5-13H,4,14H2,1-3H3,(H,22,23,24). The first-order valence-electron chi connectivity index (χ1n) is 8.48. The van der Waals surface area contributed by atoms with E-state index in [1.165, 1.54) is 11.1 Å². The number of hydrogen-bond donors (Lipinski definition) is 1. The molecule has 0 fully saturated rings. The fourth-order valence-corrected chi connectivity index (χ4v) is 2.69. The van der Waals surface area contributed by atoms with Gasteiger partial charge in [0.2, 0.25) is 5.95 Å². The Morgan fingerprint density at radius 1 is 1.00 bits per heavy atom. The molecule has 128 valence electrons. The minimum absolute atomic E-state index is 0.703. The summed E-state index contributed by atoms with van der Waals surface area (Å²) in [5.41, 5.74) is 4.43. The summed E-state index contributed by atoms with van der Waals surface area (Å²) < 4.78 is 0. The summed E-state index contributed by atoms with van der Waals surface area (Å²) in [7, 11) is 0. The quantitative estimate of drug-likeness (QED) is 0.730. The number of hydrogen-bond acceptors (Lipinski definition) is 5. The zero-order chi connectivity index (χ0) is 17.6. The van der Waals surface area contributed by atoms with Crippen molar-refractivity contribution in [2.24, 2.45) is 0 Å². The van der Waals surface area contributed by atoms with Crippen LogP contribution in [-0.2, 0) is 6.54 Å². The van der Waals surface area contributed by atoms with Crippen LogP contribution < -0.4 is 10.2 Å². The lowest BCUT2D eigenvalue weighted by Crippen LogP contribution is -2.20. The molecular formula is C20H23N5. The van der Waals surface area contributed by atoms with Crippen molar-refractivity contribution in [3.8, 4) is 0 Å². The van der Waals surface area contributed by atoms with Gasteiger partial charge in [-0.2, -0.15) is 4.98 Å². The first kappa shape index (κ1) is 16.9. The molecule has 0 bridgehead atoms. The molecule has 0 amide bonds. The number of nitrogens with one attached hydrogen (secondary N) is 1. The molecular weight excluding hydrogens is 310 g/mol. The molecule has 1 aromatic carbocycles. The van der Waals surface area contributed by atoms with E-state index in [2.05, 4.69) is 58.3 Å². The van der Waals surface area contributed by atoms with E-state index in [0.717, 1.165) is 23.7 Å². The van der Waals surface area contributed by atoms with Crippen molar-refractivity contribution >= 4 is 17.5 Å². The van der Waals surface area contributed by atoms with E-state index in [1.807, 2.05) is 25.1 Å². The molecule has 0 aliphatic carbocycles. The number of aryl methyl sites for hydroxylation is 2. The van der Waals surface area contributed by atoms with E-state index in [4.69, 9.17) is 4.98 Å². The van der Waals surface area contributed by atoms with Gasteiger partial charge in [-0.3, -0.25) is 4.98 Å². The van der Waals surface area contributed by atoms with Crippen LogP contribution >= 0.6 is 0 Å². The third kappa shape index (κ3) is 4.32. The maximum Gasteiger partial charge on any atom is 0.232 e. The van der Waals surface area contributed by atoms with E-state index >= 15 is 0 Å². The number of aromatic nitrogens is 3. The Kier molecular flexibility index (Phi) is 5.23. The highest BCUT2D eigenvalue weighted by molar-refractivity contribution is 5.59. The molecule has 5 nitrogen and oxygen atoms in total. The number of anilines is 3. The third-order valence-corrected chi connectivity index (χ3v) is 3.94. The minimum Gasteiger partial charge on any atom is -0.366 e. The largest absolute Gasteiger partial charge is 0.366 e. The van der Waals surface area contributed by atoms with Crippen molar-refractivity contribution in [1.82, 2.24) is 15.0 Å². The van der Waals surface area contributed by atoms with E-state index in [-0.39, 0.29) is 0 Å². The second kappa shape index (κ2) is 7.75. The van der Waals surface area contributed by atoms with Crippen molar-refractivity contribution < 1.29 is 0 Å². The SMILES string of the molecule is CCN(c1cccc(C)c1)c1nc(C)cc(NCc2ccncc2)n1. The van der Waals surface area contributed by atoms with E-state index < -0.39 is 0 Å². The highest BCUT2D eigenvalue weighted by Gasteiger charge is 2.12. The van der Waals surface area contributed by atoms with Gasteiger partial charge >= 0.3 is 0 Å². The summed E-state index contributed by atoms with van der Waals surface area (Å²) in [5, 5.41) is 3.38. The molecule has 0 saturated carbocycles. The van der Waals surface area contributed by atoms with Gasteiger partial charge in [-0.1, -0.05) is 12.1 Å². The van der Waals surface area contributed by atoms with Crippen LogP contribution in [0, 0.1) is 13.8 Å². The van der Waals surface area contributed by atoms with Gasteiger partial charge in [0.05, 0.1) is 0 Å². The number of benzene rings is 1. The van der Waals surface area contributed by atoms with Crippen LogP contribution in [0.4, 0.5) is 17.5 Å². The van der Waals surface area contributed by atoms with E-state index in [1.54, 1.807) is 12.4 Å². The first-order chi connectivity index (χ1) is 12.2. The van der Waals surface area contributed by atoms with Gasteiger partial charge in [-0.05, 0) is 56.2 Å². The highest BCUT2D eigenvalue weighted by Crippen LogP contribution is 2.24. The summed E-state index contributed by atoms with van der Waals surface area (Å²) in [5.74, 6) is 1.54. The van der Waals surface area contributed by atoms with Crippen molar-refractivity contribution in [3.05, 3.63) is 71.7 Å². The van der Waals surface area contributed by atoms with Crippen molar-refractivity contribution in [1.29, 1.82) is 0 Å². The second-order valence-corrected chi connectivity index (χ2v) is 5.99. The van der Waals surface area contributed by atoms with Crippen molar-refractivity contribution in [3.63, 3.8) is 0 Å². The summed E-state index contributed by atoms with van der Waals surface area (Å²) in [4.78, 5) is 15.5. The lowest BCUT2D eigenvalue weighted by atomic mass is 10.2. The number of pyridine rings is 1. The van der Waals surface area contributed by atoms with Gasteiger partial charge in [0.15, 0.2) is 0 Å². The summed E-state index contributed by atoms with van der Waals surface area (Å²) in [6.07, 6.45) is 3.59. The van der Waals surface area contributed by atoms with Gasteiger partial charge in [-0.25, -0.2) is 4.98 Å². The zero-order valence-electron chi connectivity index (χ0n) is 14.9. The molecule has 1 N–H and O–H groups in total. The molecule has 0 atom stereocenters. The monoisotopic (exact) mass is 333 g/mol. The molecule has 5 heteroatoms. The summed E-state index contributed by atoms with van der Waals surface area (Å²) >= 11 is 0. The molecule has 0 saturated heterocycles. The lowest BCUT2D eigenvalue weighted by Gasteiger charge is -2.22. The molecule has 2 heterocycles. The molecule has 0 spiro atoms. The zero-order valence-corrected chi connectivity index (χ0v) is 14.9. The average Bonchev–Trinajstić information content (AvgIpc) is 2.61. The predicted octanol–water partition coefficient (Wildman–Crippen LogP) is 4.26. The van der Waals surface area contributed by atoms with Crippen LogP contribution in [0.1, 0.15) is 23.7 Å². The van der Waals surface area contributed by atoms with Gasteiger partial charge in [0, 0.05) is 42.9 Å². The average molecular weight is 333 g/mol. The summed E-state index contributed by atoms with van der Waals surface area (Å²) in [6.45, 7) is 7.70. The molecule has 25 heavy (non-hydrogen) atoms. The minimum atomic E-state index is 0.703. The van der Waals surface area contributed by atoms with Crippen LogP contribution in [0.25, 0.3) is 0 Å². The third-order valence-electron chi connectivity index (χ3n) is 3.94. The molecule has 2 aromatic heterocycles.